The van der Waals surface area contributed by atoms with Crippen LogP contribution in [-0.2, 0) is 11.4 Å². The number of ether oxygens (including phenoxy) is 2. The molecule has 0 fully saturated rings. The van der Waals surface area contributed by atoms with E-state index in [-0.39, 0.29) is 30.7 Å². The smallest absolute Gasteiger partial charge is 0.224 e. The lowest BCUT2D eigenvalue weighted by atomic mass is 10.2. The number of hydrogen-bond acceptors (Lipinski definition) is 5. The molecule has 8 heteroatoms. The van der Waals surface area contributed by atoms with E-state index < -0.39 is 0 Å². The zero-order valence-corrected chi connectivity index (χ0v) is 15.6. The number of nitrogens with two attached hydrogens (primary N) is 1. The zero-order valence-electron chi connectivity index (χ0n) is 13.9. The number of nitrogens with zero attached hydrogens (tertiary/aromatic N) is 1. The quantitative estimate of drug-likeness (QED) is 0.725. The monoisotopic (exact) mass is 387 g/mol. The molecule has 1 heterocycles. The van der Waals surface area contributed by atoms with Crippen LogP contribution in [0.25, 0.3) is 0 Å². The normalized spacial score (nSPS) is 9.36. The lowest BCUT2D eigenvalue weighted by molar-refractivity contribution is -0.116. The van der Waals surface area contributed by atoms with Crippen molar-refractivity contribution in [3.05, 3.63) is 48.3 Å². The second kappa shape index (κ2) is 12.4. The summed E-state index contributed by atoms with van der Waals surface area (Å²) in [5, 5.41) is 2.82. The molecule has 25 heavy (non-hydrogen) atoms. The average molecular weight is 388 g/mol. The predicted molar refractivity (Wildman–Crippen MR) is 103 cm³/mol. The largest absolute Gasteiger partial charge is 0.493 e. The van der Waals surface area contributed by atoms with Crippen molar-refractivity contribution in [1.29, 1.82) is 0 Å². The maximum atomic E-state index is 11.8. The number of nitrogens with one attached hydrogen (secondary N) is 1. The van der Waals surface area contributed by atoms with Crippen LogP contribution < -0.4 is 20.5 Å². The van der Waals surface area contributed by atoms with E-state index >= 15 is 0 Å². The minimum absolute atomic E-state index is 0. The molecule has 0 spiro atoms. The molecule has 1 aromatic carbocycles. The van der Waals surface area contributed by atoms with E-state index in [1.165, 1.54) is 0 Å². The van der Waals surface area contributed by atoms with Gasteiger partial charge in [-0.2, -0.15) is 0 Å². The second-order valence-electron chi connectivity index (χ2n) is 4.96. The highest BCUT2D eigenvalue weighted by Crippen LogP contribution is 2.31. The number of methoxy groups -OCH3 is 1. The Morgan fingerprint density at radius 3 is 2.68 bits per heavy atom. The number of rotatable bonds is 8. The molecule has 0 aliphatic rings. The minimum atomic E-state index is -0.0705. The third-order valence-electron chi connectivity index (χ3n) is 3.17. The summed E-state index contributed by atoms with van der Waals surface area (Å²) < 4.78 is 11.1. The minimum Gasteiger partial charge on any atom is -0.493 e. The number of carbonyl (C=O) groups excluding carboxylic acids is 1. The van der Waals surface area contributed by atoms with Crippen LogP contribution in [-0.4, -0.2) is 24.5 Å². The van der Waals surface area contributed by atoms with Crippen molar-refractivity contribution in [2.24, 2.45) is 5.73 Å². The van der Waals surface area contributed by atoms with Crippen molar-refractivity contribution in [3.63, 3.8) is 0 Å². The van der Waals surface area contributed by atoms with Crippen molar-refractivity contribution < 1.29 is 14.3 Å². The van der Waals surface area contributed by atoms with Gasteiger partial charge in [-0.3, -0.25) is 9.78 Å². The summed E-state index contributed by atoms with van der Waals surface area (Å²) in [5.41, 5.74) is 7.02. The number of pyridine rings is 1. The third-order valence-corrected chi connectivity index (χ3v) is 3.17. The molecular formula is C17H23Cl2N3O3. The molecule has 1 amide bonds. The Bertz CT molecular complexity index is 642. The van der Waals surface area contributed by atoms with Crippen molar-refractivity contribution in [2.45, 2.75) is 19.4 Å². The van der Waals surface area contributed by atoms with Gasteiger partial charge in [0.1, 0.15) is 6.61 Å². The highest BCUT2D eigenvalue weighted by Gasteiger charge is 2.08. The van der Waals surface area contributed by atoms with E-state index in [1.54, 1.807) is 37.7 Å². The van der Waals surface area contributed by atoms with Crippen molar-refractivity contribution in [3.8, 4) is 11.5 Å². The van der Waals surface area contributed by atoms with Gasteiger partial charge in [-0.25, -0.2) is 0 Å². The maximum absolute atomic E-state index is 11.8. The first-order valence-electron chi connectivity index (χ1n) is 7.42. The van der Waals surface area contributed by atoms with Gasteiger partial charge in [-0.05, 0) is 31.2 Å². The number of amides is 1. The van der Waals surface area contributed by atoms with E-state index in [1.807, 2.05) is 12.1 Å². The summed E-state index contributed by atoms with van der Waals surface area (Å²) in [6.07, 6.45) is 4.51. The van der Waals surface area contributed by atoms with Gasteiger partial charge < -0.3 is 20.5 Å². The molecule has 0 aliphatic heterocycles. The fourth-order valence-electron chi connectivity index (χ4n) is 2.00. The first-order chi connectivity index (χ1) is 11.2. The van der Waals surface area contributed by atoms with E-state index in [4.69, 9.17) is 15.2 Å². The van der Waals surface area contributed by atoms with E-state index in [9.17, 15) is 4.79 Å². The Labute approximate surface area is 159 Å². The number of aromatic nitrogens is 1. The molecule has 2 aromatic rings. The van der Waals surface area contributed by atoms with Gasteiger partial charge in [-0.1, -0.05) is 6.07 Å². The highest BCUT2D eigenvalue weighted by atomic mass is 35.5. The molecule has 0 saturated heterocycles. The maximum Gasteiger partial charge on any atom is 0.224 e. The number of benzene rings is 1. The first-order valence-corrected chi connectivity index (χ1v) is 7.42. The molecule has 2 rings (SSSR count). The first kappa shape index (κ1) is 23.0. The standard InChI is InChI=1S/C17H21N3O3.2ClH/c1-22-15-7-6-14(20-17(21)5-2-8-18)10-16(15)23-12-13-4-3-9-19-11-13;;/h3-4,6-7,9-11H,2,5,8,12,18H2,1H3,(H,20,21);2*1H. The van der Waals surface area contributed by atoms with Gasteiger partial charge >= 0.3 is 0 Å². The summed E-state index contributed by atoms with van der Waals surface area (Å²) in [5.74, 6) is 1.10. The molecule has 6 nitrogen and oxygen atoms in total. The topological polar surface area (TPSA) is 86.5 Å². The fraction of sp³-hybridized carbons (Fsp3) is 0.294. The van der Waals surface area contributed by atoms with Crippen LogP contribution in [0, 0.1) is 0 Å². The molecule has 1 aromatic heterocycles. The molecule has 0 unspecified atom stereocenters. The Morgan fingerprint density at radius 2 is 2.04 bits per heavy atom. The van der Waals surface area contributed by atoms with E-state index in [2.05, 4.69) is 10.3 Å². The summed E-state index contributed by atoms with van der Waals surface area (Å²) in [6.45, 7) is 0.865. The Balaban J connectivity index is 0.00000288. The molecule has 0 radical (unpaired) electrons. The Kier molecular flexibility index (Phi) is 11.4. The lowest BCUT2D eigenvalue weighted by Crippen LogP contribution is -2.13. The number of anilines is 1. The van der Waals surface area contributed by atoms with Crippen molar-refractivity contribution >= 4 is 36.4 Å². The van der Waals surface area contributed by atoms with Crippen LogP contribution in [0.2, 0.25) is 0 Å². The molecule has 0 bridgehead atoms. The van der Waals surface area contributed by atoms with Gasteiger partial charge in [-0.15, -0.1) is 24.8 Å². The lowest BCUT2D eigenvalue weighted by Gasteiger charge is -2.13. The molecular weight excluding hydrogens is 365 g/mol. The summed E-state index contributed by atoms with van der Waals surface area (Å²) in [6, 6.07) is 9.06. The van der Waals surface area contributed by atoms with Crippen molar-refractivity contribution in [2.75, 3.05) is 19.0 Å². The molecule has 138 valence electrons. The SMILES string of the molecule is COc1ccc(NC(=O)CCCN)cc1OCc1cccnc1.Cl.Cl. The second-order valence-corrected chi connectivity index (χ2v) is 4.96. The van der Waals surface area contributed by atoms with Crippen LogP contribution in [0.4, 0.5) is 5.69 Å². The molecule has 3 N–H and O–H groups in total. The van der Waals surface area contributed by atoms with Crippen LogP contribution in [0.5, 0.6) is 11.5 Å². The van der Waals surface area contributed by atoms with E-state index in [0.29, 0.717) is 43.2 Å². The van der Waals surface area contributed by atoms with Gasteiger partial charge in [0, 0.05) is 36.1 Å². The van der Waals surface area contributed by atoms with Gasteiger partial charge in [0.25, 0.3) is 0 Å². The number of hydrogen-bond donors (Lipinski definition) is 2. The Hall–Kier alpha value is -2.02. The highest BCUT2D eigenvalue weighted by molar-refractivity contribution is 5.91. The summed E-state index contributed by atoms with van der Waals surface area (Å²) >= 11 is 0. The van der Waals surface area contributed by atoms with Crippen molar-refractivity contribution in [1.82, 2.24) is 4.98 Å². The summed E-state index contributed by atoms with van der Waals surface area (Å²) in [4.78, 5) is 15.8. The number of halogens is 2. The molecule has 0 aliphatic carbocycles. The van der Waals surface area contributed by atoms with Crippen LogP contribution in [0.1, 0.15) is 18.4 Å². The molecule has 0 saturated carbocycles. The van der Waals surface area contributed by atoms with E-state index in [0.717, 1.165) is 5.56 Å². The number of carbonyl (C=O) groups is 1. The van der Waals surface area contributed by atoms with Gasteiger partial charge in [0.15, 0.2) is 11.5 Å². The van der Waals surface area contributed by atoms with Crippen LogP contribution >= 0.6 is 24.8 Å². The van der Waals surface area contributed by atoms with Gasteiger partial charge in [0.2, 0.25) is 5.91 Å². The summed E-state index contributed by atoms with van der Waals surface area (Å²) in [7, 11) is 1.58. The van der Waals surface area contributed by atoms with Crippen LogP contribution in [0.15, 0.2) is 42.7 Å². The third kappa shape index (κ3) is 7.60. The average Bonchev–Trinajstić information content (AvgIpc) is 2.59. The van der Waals surface area contributed by atoms with Crippen LogP contribution in [0.3, 0.4) is 0 Å². The van der Waals surface area contributed by atoms with Gasteiger partial charge in [0.05, 0.1) is 7.11 Å². The predicted octanol–water partition coefficient (Wildman–Crippen LogP) is 3.19. The zero-order chi connectivity index (χ0) is 16.5. The molecule has 0 atom stereocenters. The Morgan fingerprint density at radius 1 is 1.24 bits per heavy atom. The fourth-order valence-corrected chi connectivity index (χ4v) is 2.00.